The molecule has 1 N–H and O–H groups in total. The number of hydrogen-bond donors (Lipinski definition) is 1. The van der Waals surface area contributed by atoms with Crippen LogP contribution in [0.15, 0.2) is 30.5 Å². The standard InChI is InChI=1S/C15H17ClN4O4/c1-24-14-6-4-12(20(22)23)15(18-14)19(7-2-8-21)10-11-3-5-13(16)17-9-11/h3-6,9,21H,2,7-8,10H2,1H3. The predicted molar refractivity (Wildman–Crippen MR) is 89.4 cm³/mol. The predicted octanol–water partition coefficient (Wildman–Crippen LogP) is 2.44. The Morgan fingerprint density at radius 2 is 2.17 bits per heavy atom. The number of halogens is 1. The summed E-state index contributed by atoms with van der Waals surface area (Å²) in [6.07, 6.45) is 2.04. The summed E-state index contributed by atoms with van der Waals surface area (Å²) in [6.45, 7) is 0.693. The SMILES string of the molecule is COc1ccc([N+](=O)[O-])c(N(CCCO)Cc2ccc(Cl)nc2)n1. The van der Waals surface area contributed by atoms with E-state index in [4.69, 9.17) is 21.4 Å². The first-order valence-electron chi connectivity index (χ1n) is 7.21. The van der Waals surface area contributed by atoms with Gasteiger partial charge in [-0.25, -0.2) is 4.98 Å². The molecule has 2 aromatic heterocycles. The van der Waals surface area contributed by atoms with Crippen molar-refractivity contribution in [3.8, 4) is 5.88 Å². The summed E-state index contributed by atoms with van der Waals surface area (Å²) in [7, 11) is 1.44. The van der Waals surface area contributed by atoms with E-state index >= 15 is 0 Å². The van der Waals surface area contributed by atoms with Gasteiger partial charge in [-0.05, 0) is 18.1 Å². The third-order valence-electron chi connectivity index (χ3n) is 3.28. The number of rotatable bonds is 8. The van der Waals surface area contributed by atoms with Crippen molar-refractivity contribution in [1.29, 1.82) is 0 Å². The number of aliphatic hydroxyl groups is 1. The maximum atomic E-state index is 11.3. The number of nitro groups is 1. The van der Waals surface area contributed by atoms with Crippen LogP contribution in [-0.2, 0) is 6.54 Å². The van der Waals surface area contributed by atoms with Gasteiger partial charge in [0, 0.05) is 38.0 Å². The van der Waals surface area contributed by atoms with Gasteiger partial charge in [0.2, 0.25) is 11.7 Å². The second kappa shape index (κ2) is 8.42. The van der Waals surface area contributed by atoms with Gasteiger partial charge in [-0.15, -0.1) is 0 Å². The lowest BCUT2D eigenvalue weighted by atomic mass is 10.2. The summed E-state index contributed by atoms with van der Waals surface area (Å²) in [4.78, 5) is 20.8. The van der Waals surface area contributed by atoms with Crippen molar-refractivity contribution in [2.24, 2.45) is 0 Å². The van der Waals surface area contributed by atoms with Crippen molar-refractivity contribution >= 4 is 23.1 Å². The summed E-state index contributed by atoms with van der Waals surface area (Å²) < 4.78 is 5.07. The molecule has 2 aromatic rings. The van der Waals surface area contributed by atoms with Crippen LogP contribution in [-0.4, -0.2) is 40.3 Å². The second-order valence-electron chi connectivity index (χ2n) is 4.94. The third kappa shape index (κ3) is 4.53. The highest BCUT2D eigenvalue weighted by atomic mass is 35.5. The van der Waals surface area contributed by atoms with Gasteiger partial charge in [-0.3, -0.25) is 10.1 Å². The topological polar surface area (TPSA) is 102 Å². The number of ether oxygens (including phenoxy) is 1. The molecule has 2 heterocycles. The fourth-order valence-corrected chi connectivity index (χ4v) is 2.27. The maximum absolute atomic E-state index is 11.3. The van der Waals surface area contributed by atoms with Crippen LogP contribution in [0, 0.1) is 10.1 Å². The van der Waals surface area contributed by atoms with Crippen LogP contribution in [0.3, 0.4) is 0 Å². The number of pyridine rings is 2. The molecule has 0 unspecified atom stereocenters. The lowest BCUT2D eigenvalue weighted by molar-refractivity contribution is -0.384. The molecule has 0 aliphatic rings. The summed E-state index contributed by atoms with van der Waals surface area (Å²) in [5.41, 5.74) is 0.687. The molecule has 0 saturated carbocycles. The van der Waals surface area contributed by atoms with E-state index in [1.165, 1.54) is 19.2 Å². The number of aliphatic hydroxyl groups excluding tert-OH is 1. The van der Waals surface area contributed by atoms with E-state index in [0.29, 0.717) is 24.7 Å². The minimum Gasteiger partial charge on any atom is -0.481 e. The Labute approximate surface area is 143 Å². The molecule has 0 fully saturated rings. The number of nitrogens with zero attached hydrogens (tertiary/aromatic N) is 4. The molecular weight excluding hydrogens is 336 g/mol. The third-order valence-corrected chi connectivity index (χ3v) is 3.51. The summed E-state index contributed by atoms with van der Waals surface area (Å²) in [5.74, 6) is 0.460. The zero-order valence-corrected chi connectivity index (χ0v) is 13.8. The molecular formula is C15H17ClN4O4. The molecule has 0 atom stereocenters. The van der Waals surface area contributed by atoms with Gasteiger partial charge in [-0.2, -0.15) is 4.98 Å². The quantitative estimate of drug-likeness (QED) is 0.442. The van der Waals surface area contributed by atoms with Gasteiger partial charge in [0.15, 0.2) is 0 Å². The first kappa shape index (κ1) is 17.9. The maximum Gasteiger partial charge on any atom is 0.311 e. The molecule has 128 valence electrons. The van der Waals surface area contributed by atoms with E-state index in [1.54, 1.807) is 23.2 Å². The first-order valence-corrected chi connectivity index (χ1v) is 7.58. The largest absolute Gasteiger partial charge is 0.481 e. The number of aromatic nitrogens is 2. The van der Waals surface area contributed by atoms with Crippen molar-refractivity contribution < 1.29 is 14.8 Å². The van der Waals surface area contributed by atoms with Crippen molar-refractivity contribution in [1.82, 2.24) is 9.97 Å². The molecule has 0 aliphatic heterocycles. The van der Waals surface area contributed by atoms with Crippen LogP contribution in [0.1, 0.15) is 12.0 Å². The summed E-state index contributed by atoms with van der Waals surface area (Å²) in [5, 5.41) is 20.8. The Hall–Kier alpha value is -2.45. The highest BCUT2D eigenvalue weighted by molar-refractivity contribution is 6.29. The van der Waals surface area contributed by atoms with Crippen LogP contribution >= 0.6 is 11.6 Å². The van der Waals surface area contributed by atoms with Crippen molar-refractivity contribution in [2.45, 2.75) is 13.0 Å². The average molecular weight is 353 g/mol. The van der Waals surface area contributed by atoms with E-state index in [1.807, 2.05) is 0 Å². The molecule has 0 amide bonds. The fraction of sp³-hybridized carbons (Fsp3) is 0.333. The highest BCUT2D eigenvalue weighted by Crippen LogP contribution is 2.29. The van der Waals surface area contributed by atoms with Crippen LogP contribution in [0.2, 0.25) is 5.15 Å². The van der Waals surface area contributed by atoms with E-state index in [9.17, 15) is 10.1 Å². The Morgan fingerprint density at radius 1 is 1.38 bits per heavy atom. The van der Waals surface area contributed by atoms with Crippen molar-refractivity contribution in [3.05, 3.63) is 51.3 Å². The van der Waals surface area contributed by atoms with E-state index in [-0.39, 0.29) is 24.0 Å². The molecule has 0 aromatic carbocycles. The van der Waals surface area contributed by atoms with E-state index < -0.39 is 4.92 Å². The molecule has 2 rings (SSSR count). The van der Waals surface area contributed by atoms with E-state index in [0.717, 1.165) is 5.56 Å². The van der Waals surface area contributed by atoms with Crippen LogP contribution in [0.4, 0.5) is 11.5 Å². The van der Waals surface area contributed by atoms with Gasteiger partial charge >= 0.3 is 5.69 Å². The minimum atomic E-state index is -0.492. The smallest absolute Gasteiger partial charge is 0.311 e. The minimum absolute atomic E-state index is 0.0346. The number of anilines is 1. The van der Waals surface area contributed by atoms with Crippen molar-refractivity contribution in [3.63, 3.8) is 0 Å². The van der Waals surface area contributed by atoms with Crippen LogP contribution in [0.5, 0.6) is 5.88 Å². The highest BCUT2D eigenvalue weighted by Gasteiger charge is 2.22. The zero-order chi connectivity index (χ0) is 17.5. The number of hydrogen-bond acceptors (Lipinski definition) is 7. The molecule has 0 aliphatic carbocycles. The lowest BCUT2D eigenvalue weighted by Gasteiger charge is -2.23. The molecule has 24 heavy (non-hydrogen) atoms. The fourth-order valence-electron chi connectivity index (χ4n) is 2.15. The van der Waals surface area contributed by atoms with Gasteiger partial charge in [-0.1, -0.05) is 17.7 Å². The Bertz CT molecular complexity index is 696. The zero-order valence-electron chi connectivity index (χ0n) is 13.1. The normalized spacial score (nSPS) is 10.5. The first-order chi connectivity index (χ1) is 11.5. The van der Waals surface area contributed by atoms with Gasteiger partial charge in [0.05, 0.1) is 12.0 Å². The summed E-state index contributed by atoms with van der Waals surface area (Å²) >= 11 is 5.78. The van der Waals surface area contributed by atoms with Gasteiger partial charge < -0.3 is 14.7 Å². The lowest BCUT2D eigenvalue weighted by Crippen LogP contribution is -2.26. The Kier molecular flexibility index (Phi) is 6.28. The molecule has 0 spiro atoms. The van der Waals surface area contributed by atoms with Gasteiger partial charge in [0.25, 0.3) is 0 Å². The Morgan fingerprint density at radius 3 is 2.75 bits per heavy atom. The van der Waals surface area contributed by atoms with Gasteiger partial charge in [0.1, 0.15) is 5.15 Å². The van der Waals surface area contributed by atoms with Crippen molar-refractivity contribution in [2.75, 3.05) is 25.2 Å². The molecule has 0 bridgehead atoms. The average Bonchev–Trinajstić information content (AvgIpc) is 2.59. The number of methoxy groups -OCH3 is 1. The molecule has 0 radical (unpaired) electrons. The summed E-state index contributed by atoms with van der Waals surface area (Å²) in [6, 6.07) is 6.23. The molecule has 9 heteroatoms. The second-order valence-corrected chi connectivity index (χ2v) is 5.33. The molecule has 0 saturated heterocycles. The van der Waals surface area contributed by atoms with E-state index in [2.05, 4.69) is 9.97 Å². The van der Waals surface area contributed by atoms with Crippen LogP contribution in [0.25, 0.3) is 0 Å². The monoisotopic (exact) mass is 352 g/mol. The Balaban J connectivity index is 2.38. The molecule has 8 nitrogen and oxygen atoms in total. The van der Waals surface area contributed by atoms with Crippen LogP contribution < -0.4 is 9.64 Å².